The number of hydrogen-bond acceptors (Lipinski definition) is 3. The molecule has 1 amide bonds. The summed E-state index contributed by atoms with van der Waals surface area (Å²) in [6.07, 6.45) is 0. The van der Waals surface area contributed by atoms with Gasteiger partial charge in [-0.2, -0.15) is 0 Å². The second kappa shape index (κ2) is 9.42. The third-order valence-corrected chi connectivity index (χ3v) is 5.42. The second-order valence-corrected chi connectivity index (χ2v) is 7.30. The van der Waals surface area contributed by atoms with Crippen LogP contribution in [0.2, 0.25) is 0 Å². The molecule has 0 saturated heterocycles. The number of ether oxygens (including phenoxy) is 2. The van der Waals surface area contributed by atoms with Crippen LogP contribution < -0.4 is 14.8 Å². The zero-order valence-electron chi connectivity index (χ0n) is 15.9. The van der Waals surface area contributed by atoms with Crippen molar-refractivity contribution in [1.82, 2.24) is 0 Å². The monoisotopic (exact) mass is 439 g/mol. The largest absolute Gasteiger partial charge is 0.489 e. The van der Waals surface area contributed by atoms with E-state index in [1.807, 2.05) is 80.6 Å². The highest BCUT2D eigenvalue weighted by molar-refractivity contribution is 9.10. The predicted octanol–water partition coefficient (Wildman–Crippen LogP) is 5.66. The Bertz CT molecular complexity index is 917. The molecule has 1 N–H and O–H groups in total. The Kier molecular flexibility index (Phi) is 6.71. The summed E-state index contributed by atoms with van der Waals surface area (Å²) in [7, 11) is 0. The van der Waals surface area contributed by atoms with Crippen LogP contribution in [0.4, 0.5) is 5.69 Å². The fourth-order valence-corrected chi connectivity index (χ4v) is 2.94. The molecule has 28 heavy (non-hydrogen) atoms. The van der Waals surface area contributed by atoms with E-state index >= 15 is 0 Å². The second-order valence-electron chi connectivity index (χ2n) is 6.51. The van der Waals surface area contributed by atoms with Crippen molar-refractivity contribution in [3.05, 3.63) is 87.9 Å². The van der Waals surface area contributed by atoms with Crippen LogP contribution in [0.15, 0.2) is 71.2 Å². The summed E-state index contributed by atoms with van der Waals surface area (Å²) < 4.78 is 12.4. The molecular formula is C23H22BrNO3. The highest BCUT2D eigenvalue weighted by atomic mass is 79.9. The zero-order chi connectivity index (χ0) is 19.9. The number of carbonyl (C=O) groups excluding carboxylic acids is 1. The van der Waals surface area contributed by atoms with Gasteiger partial charge >= 0.3 is 0 Å². The normalized spacial score (nSPS) is 10.4. The van der Waals surface area contributed by atoms with Gasteiger partial charge in [-0.05, 0) is 66.9 Å². The molecule has 3 aromatic carbocycles. The Balaban J connectivity index is 1.49. The average molecular weight is 440 g/mol. The lowest BCUT2D eigenvalue weighted by molar-refractivity contribution is -0.118. The average Bonchev–Trinajstić information content (AvgIpc) is 2.70. The number of anilines is 1. The van der Waals surface area contributed by atoms with Crippen LogP contribution in [-0.4, -0.2) is 12.5 Å². The molecule has 0 heterocycles. The Morgan fingerprint density at radius 1 is 0.893 bits per heavy atom. The number of carbonyl (C=O) groups is 1. The van der Waals surface area contributed by atoms with Crippen molar-refractivity contribution in [2.75, 3.05) is 11.9 Å². The molecule has 0 aromatic heterocycles. The summed E-state index contributed by atoms with van der Waals surface area (Å²) in [5, 5.41) is 2.83. The number of benzene rings is 3. The molecule has 0 atom stereocenters. The van der Waals surface area contributed by atoms with Gasteiger partial charge in [-0.15, -0.1) is 0 Å². The first-order valence-corrected chi connectivity index (χ1v) is 9.77. The Morgan fingerprint density at radius 3 is 2.18 bits per heavy atom. The summed E-state index contributed by atoms with van der Waals surface area (Å²) in [4.78, 5) is 12.1. The predicted molar refractivity (Wildman–Crippen MR) is 115 cm³/mol. The van der Waals surface area contributed by atoms with Crippen LogP contribution in [0, 0.1) is 13.8 Å². The number of nitrogens with one attached hydrogen (secondary N) is 1. The van der Waals surface area contributed by atoms with Crippen molar-refractivity contribution in [3.8, 4) is 11.5 Å². The summed E-state index contributed by atoms with van der Waals surface area (Å²) in [6.45, 7) is 4.44. The van der Waals surface area contributed by atoms with Crippen LogP contribution in [0.3, 0.4) is 0 Å². The summed E-state index contributed by atoms with van der Waals surface area (Å²) in [6, 6.07) is 21.1. The highest BCUT2D eigenvalue weighted by Gasteiger charge is 2.07. The lowest BCUT2D eigenvalue weighted by Gasteiger charge is -2.11. The van der Waals surface area contributed by atoms with Crippen molar-refractivity contribution in [3.63, 3.8) is 0 Å². The quantitative estimate of drug-likeness (QED) is 0.516. The summed E-state index contributed by atoms with van der Waals surface area (Å²) in [5.41, 5.74) is 3.95. The van der Waals surface area contributed by atoms with Gasteiger partial charge in [0.15, 0.2) is 6.61 Å². The van der Waals surface area contributed by atoms with Crippen LogP contribution in [-0.2, 0) is 11.4 Å². The molecule has 0 saturated carbocycles. The standard InChI is InChI=1S/C23H22BrNO3/c1-16-12-21(13-17(2)23(16)24)28-15-22(26)25-19-8-10-20(11-9-19)27-14-18-6-4-3-5-7-18/h3-13H,14-15H2,1-2H3,(H,25,26). The van der Waals surface area contributed by atoms with Crippen molar-refractivity contribution in [2.45, 2.75) is 20.5 Å². The van der Waals surface area contributed by atoms with E-state index in [1.165, 1.54) is 0 Å². The Labute approximate surface area is 173 Å². The van der Waals surface area contributed by atoms with Gasteiger partial charge in [0.1, 0.15) is 18.1 Å². The number of rotatable bonds is 7. The smallest absolute Gasteiger partial charge is 0.262 e. The van der Waals surface area contributed by atoms with E-state index in [0.717, 1.165) is 26.9 Å². The number of amides is 1. The highest BCUT2D eigenvalue weighted by Crippen LogP contribution is 2.26. The first-order valence-electron chi connectivity index (χ1n) is 8.97. The number of aryl methyl sites for hydroxylation is 2. The molecule has 0 unspecified atom stereocenters. The van der Waals surface area contributed by atoms with E-state index in [2.05, 4.69) is 21.2 Å². The summed E-state index contributed by atoms with van der Waals surface area (Å²) in [5.74, 6) is 1.22. The maximum Gasteiger partial charge on any atom is 0.262 e. The van der Waals surface area contributed by atoms with Crippen molar-refractivity contribution < 1.29 is 14.3 Å². The maximum atomic E-state index is 12.1. The number of hydrogen-bond donors (Lipinski definition) is 1. The lowest BCUT2D eigenvalue weighted by Crippen LogP contribution is -2.20. The van der Waals surface area contributed by atoms with Crippen molar-refractivity contribution in [1.29, 1.82) is 0 Å². The van der Waals surface area contributed by atoms with E-state index in [4.69, 9.17) is 9.47 Å². The molecule has 0 aliphatic rings. The van der Waals surface area contributed by atoms with Gasteiger partial charge in [-0.1, -0.05) is 46.3 Å². The van der Waals surface area contributed by atoms with Gasteiger partial charge in [0.25, 0.3) is 5.91 Å². The molecule has 0 fully saturated rings. The third-order valence-electron chi connectivity index (χ3n) is 4.17. The molecule has 5 heteroatoms. The third kappa shape index (κ3) is 5.60. The van der Waals surface area contributed by atoms with Crippen LogP contribution >= 0.6 is 15.9 Å². The Hall–Kier alpha value is -2.79. The molecule has 0 aliphatic carbocycles. The molecule has 144 valence electrons. The van der Waals surface area contributed by atoms with Gasteiger partial charge in [0.2, 0.25) is 0 Å². The fourth-order valence-electron chi connectivity index (χ4n) is 2.71. The molecule has 0 aliphatic heterocycles. The minimum Gasteiger partial charge on any atom is -0.489 e. The van der Waals surface area contributed by atoms with E-state index in [-0.39, 0.29) is 12.5 Å². The molecule has 0 bridgehead atoms. The van der Waals surface area contributed by atoms with Crippen molar-refractivity contribution in [2.24, 2.45) is 0 Å². The van der Waals surface area contributed by atoms with E-state index < -0.39 is 0 Å². The molecular weight excluding hydrogens is 418 g/mol. The zero-order valence-corrected chi connectivity index (χ0v) is 17.5. The maximum absolute atomic E-state index is 12.1. The Morgan fingerprint density at radius 2 is 1.54 bits per heavy atom. The summed E-state index contributed by atoms with van der Waals surface area (Å²) >= 11 is 3.52. The van der Waals surface area contributed by atoms with Gasteiger partial charge in [-0.25, -0.2) is 0 Å². The van der Waals surface area contributed by atoms with E-state index in [1.54, 1.807) is 0 Å². The molecule has 4 nitrogen and oxygen atoms in total. The van der Waals surface area contributed by atoms with Crippen LogP contribution in [0.25, 0.3) is 0 Å². The van der Waals surface area contributed by atoms with E-state index in [0.29, 0.717) is 18.0 Å². The molecule has 3 aromatic rings. The van der Waals surface area contributed by atoms with Crippen LogP contribution in [0.5, 0.6) is 11.5 Å². The first kappa shape index (κ1) is 20.0. The fraction of sp³-hybridized carbons (Fsp3) is 0.174. The SMILES string of the molecule is Cc1cc(OCC(=O)Nc2ccc(OCc3ccccc3)cc2)cc(C)c1Br. The lowest BCUT2D eigenvalue weighted by atomic mass is 10.1. The molecule has 0 spiro atoms. The minimum absolute atomic E-state index is 0.0488. The van der Waals surface area contributed by atoms with Gasteiger partial charge in [0, 0.05) is 10.2 Å². The number of halogens is 1. The van der Waals surface area contributed by atoms with Gasteiger partial charge in [-0.3, -0.25) is 4.79 Å². The van der Waals surface area contributed by atoms with E-state index in [9.17, 15) is 4.79 Å². The topological polar surface area (TPSA) is 47.6 Å². The van der Waals surface area contributed by atoms with Crippen molar-refractivity contribution >= 4 is 27.5 Å². The van der Waals surface area contributed by atoms with Gasteiger partial charge in [0.05, 0.1) is 0 Å². The molecule has 0 radical (unpaired) electrons. The minimum atomic E-state index is -0.212. The van der Waals surface area contributed by atoms with Gasteiger partial charge < -0.3 is 14.8 Å². The first-order chi connectivity index (χ1) is 13.5. The molecule has 3 rings (SSSR count). The van der Waals surface area contributed by atoms with Crippen LogP contribution in [0.1, 0.15) is 16.7 Å².